The summed E-state index contributed by atoms with van der Waals surface area (Å²) in [7, 11) is 0. The largest absolute Gasteiger partial charge is 0.396 e. The molecule has 3 saturated heterocycles. The van der Waals surface area contributed by atoms with Gasteiger partial charge in [0.1, 0.15) is 6.04 Å². The number of hydrogen-bond donors (Lipinski definition) is 1. The van der Waals surface area contributed by atoms with Crippen LogP contribution >= 0.6 is 11.8 Å². The third-order valence-electron chi connectivity index (χ3n) is 9.97. The average Bonchev–Trinajstić information content (AvgIpc) is 3.56. The molecule has 248 valence electrons. The van der Waals surface area contributed by atoms with Gasteiger partial charge in [-0.1, -0.05) is 70.2 Å². The first-order chi connectivity index (χ1) is 21.2. The highest BCUT2D eigenvalue weighted by molar-refractivity contribution is 8.02. The van der Waals surface area contributed by atoms with Crippen LogP contribution in [0.3, 0.4) is 0 Å². The molecule has 1 aromatic rings. The van der Waals surface area contributed by atoms with Crippen LogP contribution in [0.15, 0.2) is 55.6 Å². The van der Waals surface area contributed by atoms with Gasteiger partial charge in [-0.3, -0.25) is 14.4 Å². The van der Waals surface area contributed by atoms with E-state index in [1.54, 1.807) is 23.9 Å². The monoisotopic (exact) mass is 637 g/mol. The second-order valence-corrected chi connectivity index (χ2v) is 16.7. The number of rotatable bonds is 15. The standard InChI is InChI=1S/C37H55N3O4S/c1-9-19-38(24-27-17-13-11-14-18-27)32(42)29-28-23-26(3)37(45-28)30(29)33(43)39(21-15-12-16-22-41)31(37)34(44)40(20-10-2)36(7,8)25-35(4,5)6/h9-11,13-14,17-18,26,28-31,41H,1-2,12,15-16,19-25H2,3-8H3/t26?,28-,29+,30-,31?,37?/m0/s1. The van der Waals surface area contributed by atoms with E-state index >= 15 is 4.79 Å². The number of amides is 3. The number of nitrogens with zero attached hydrogens (tertiary/aromatic N) is 3. The van der Waals surface area contributed by atoms with Gasteiger partial charge in [-0.05, 0) is 62.8 Å². The molecule has 0 aliphatic carbocycles. The minimum Gasteiger partial charge on any atom is -0.396 e. The zero-order chi connectivity index (χ0) is 33.2. The molecule has 7 nitrogen and oxygen atoms in total. The zero-order valence-electron chi connectivity index (χ0n) is 28.3. The fourth-order valence-electron chi connectivity index (χ4n) is 8.60. The third kappa shape index (κ3) is 6.92. The summed E-state index contributed by atoms with van der Waals surface area (Å²) in [5.74, 6) is -1.08. The lowest BCUT2D eigenvalue weighted by atomic mass is 9.65. The highest BCUT2D eigenvalue weighted by Gasteiger charge is 2.76. The Morgan fingerprint density at radius 2 is 1.71 bits per heavy atom. The molecule has 1 N–H and O–H groups in total. The molecule has 3 unspecified atom stereocenters. The average molecular weight is 638 g/mol. The van der Waals surface area contributed by atoms with Gasteiger partial charge in [0.05, 0.1) is 16.6 Å². The first-order valence-electron chi connectivity index (χ1n) is 16.7. The van der Waals surface area contributed by atoms with Gasteiger partial charge in [-0.2, -0.15) is 0 Å². The quantitative estimate of drug-likeness (QED) is 0.191. The second kappa shape index (κ2) is 14.0. The van der Waals surface area contributed by atoms with E-state index in [4.69, 9.17) is 0 Å². The van der Waals surface area contributed by atoms with E-state index in [-0.39, 0.29) is 40.9 Å². The number of thioether (sulfide) groups is 1. The van der Waals surface area contributed by atoms with Crippen molar-refractivity contribution in [3.05, 3.63) is 61.2 Å². The molecule has 0 aromatic heterocycles. The number of fused-ring (bicyclic) bond motifs is 1. The molecule has 4 rings (SSSR count). The normalized spacial score (nSPS) is 27.4. The maximum absolute atomic E-state index is 15.1. The molecule has 3 heterocycles. The van der Waals surface area contributed by atoms with Gasteiger partial charge in [0.15, 0.2) is 0 Å². The van der Waals surface area contributed by atoms with Crippen LogP contribution in [0.4, 0.5) is 0 Å². The number of benzene rings is 1. The van der Waals surface area contributed by atoms with E-state index in [2.05, 4.69) is 54.7 Å². The number of unbranched alkanes of at least 4 members (excludes halogenated alkanes) is 2. The number of hydrogen-bond acceptors (Lipinski definition) is 5. The highest BCUT2D eigenvalue weighted by Crippen LogP contribution is 2.69. The van der Waals surface area contributed by atoms with Crippen LogP contribution in [-0.2, 0) is 20.9 Å². The number of aliphatic hydroxyl groups excluding tert-OH is 1. The van der Waals surface area contributed by atoms with Crippen molar-refractivity contribution in [2.75, 3.05) is 26.2 Å². The van der Waals surface area contributed by atoms with Gasteiger partial charge in [-0.15, -0.1) is 24.9 Å². The molecule has 8 heteroatoms. The maximum atomic E-state index is 15.1. The lowest BCUT2D eigenvalue weighted by Gasteiger charge is -2.47. The Balaban J connectivity index is 1.76. The summed E-state index contributed by atoms with van der Waals surface area (Å²) < 4.78 is -0.681. The molecule has 3 amide bonds. The summed E-state index contributed by atoms with van der Waals surface area (Å²) in [4.78, 5) is 49.9. The van der Waals surface area contributed by atoms with Crippen LogP contribution in [0.5, 0.6) is 0 Å². The summed E-state index contributed by atoms with van der Waals surface area (Å²) in [6.45, 7) is 22.6. The van der Waals surface area contributed by atoms with E-state index in [1.165, 1.54) is 0 Å². The van der Waals surface area contributed by atoms with E-state index in [0.29, 0.717) is 39.0 Å². The molecular weight excluding hydrogens is 582 g/mol. The van der Waals surface area contributed by atoms with E-state index in [9.17, 15) is 14.7 Å². The summed E-state index contributed by atoms with van der Waals surface area (Å²) in [6, 6.07) is 9.27. The molecule has 0 radical (unpaired) electrons. The van der Waals surface area contributed by atoms with Crippen molar-refractivity contribution < 1.29 is 19.5 Å². The Morgan fingerprint density at radius 1 is 1.04 bits per heavy atom. The fourth-order valence-corrected chi connectivity index (χ4v) is 11.0. The molecule has 6 atom stereocenters. The number of likely N-dealkylation sites (tertiary alicyclic amines) is 1. The Hall–Kier alpha value is -2.58. The van der Waals surface area contributed by atoms with Gasteiger partial charge in [0, 0.05) is 43.6 Å². The van der Waals surface area contributed by atoms with Gasteiger partial charge >= 0.3 is 0 Å². The summed E-state index contributed by atoms with van der Waals surface area (Å²) in [6.07, 6.45) is 7.24. The third-order valence-corrected chi connectivity index (χ3v) is 12.0. The van der Waals surface area contributed by atoms with Crippen molar-refractivity contribution in [3.8, 4) is 0 Å². The first kappa shape index (κ1) is 35.3. The van der Waals surface area contributed by atoms with Crippen LogP contribution in [-0.4, -0.2) is 85.3 Å². The lowest BCUT2D eigenvalue weighted by Crippen LogP contribution is -2.61. The molecule has 45 heavy (non-hydrogen) atoms. The number of carbonyl (C=O) groups is 3. The summed E-state index contributed by atoms with van der Waals surface area (Å²) in [5.41, 5.74) is 0.544. The number of carbonyl (C=O) groups excluding carboxylic acids is 3. The molecule has 1 spiro atoms. The minimum absolute atomic E-state index is 0.0156. The Kier molecular flexibility index (Phi) is 11.0. The zero-order valence-corrected chi connectivity index (χ0v) is 29.2. The van der Waals surface area contributed by atoms with Crippen LogP contribution in [0.1, 0.15) is 79.2 Å². The predicted molar refractivity (Wildman–Crippen MR) is 183 cm³/mol. The van der Waals surface area contributed by atoms with E-state index in [1.807, 2.05) is 45.0 Å². The summed E-state index contributed by atoms with van der Waals surface area (Å²) in [5, 5.41) is 9.39. The lowest BCUT2D eigenvalue weighted by molar-refractivity contribution is -0.147. The van der Waals surface area contributed by atoms with Gasteiger partial charge in [-0.25, -0.2) is 0 Å². The molecule has 1 aromatic carbocycles. The Morgan fingerprint density at radius 3 is 2.31 bits per heavy atom. The fraction of sp³-hybridized carbons (Fsp3) is 0.649. The van der Waals surface area contributed by atoms with Gasteiger partial charge in [0.25, 0.3) is 0 Å². The van der Waals surface area contributed by atoms with E-state index in [0.717, 1.165) is 24.8 Å². The SMILES string of the molecule is C=CCN(Cc1ccccc1)C(=O)[C@@H]1[C@@H]2CC(C)C3(S2)C(C(=O)N(CC=C)C(C)(C)CC(C)(C)C)N(CCCCCO)C(=O)[C@H]13. The Labute approximate surface area is 275 Å². The van der Waals surface area contributed by atoms with Crippen molar-refractivity contribution in [1.29, 1.82) is 0 Å². The van der Waals surface area contributed by atoms with Gasteiger partial charge in [0.2, 0.25) is 17.7 Å². The smallest absolute Gasteiger partial charge is 0.247 e. The van der Waals surface area contributed by atoms with Crippen molar-refractivity contribution in [2.45, 2.75) is 102 Å². The van der Waals surface area contributed by atoms with Gasteiger partial charge < -0.3 is 19.8 Å². The topological polar surface area (TPSA) is 81.2 Å². The molecule has 3 aliphatic heterocycles. The molecule has 2 bridgehead atoms. The minimum atomic E-state index is -0.681. The highest BCUT2D eigenvalue weighted by atomic mass is 32.2. The maximum Gasteiger partial charge on any atom is 0.247 e. The van der Waals surface area contributed by atoms with Crippen LogP contribution < -0.4 is 0 Å². The van der Waals surface area contributed by atoms with E-state index < -0.39 is 28.2 Å². The first-order valence-corrected chi connectivity index (χ1v) is 17.6. The van der Waals surface area contributed by atoms with Crippen LogP contribution in [0.25, 0.3) is 0 Å². The molecule has 3 fully saturated rings. The van der Waals surface area contributed by atoms with Crippen LogP contribution in [0, 0.1) is 23.2 Å². The van der Waals surface area contributed by atoms with Crippen LogP contribution in [0.2, 0.25) is 0 Å². The number of aliphatic hydroxyl groups is 1. The molecule has 3 aliphatic rings. The van der Waals surface area contributed by atoms with Crippen molar-refractivity contribution >= 4 is 29.5 Å². The molecule has 0 saturated carbocycles. The van der Waals surface area contributed by atoms with Crippen molar-refractivity contribution in [2.24, 2.45) is 23.2 Å². The second-order valence-electron chi connectivity index (χ2n) is 15.1. The Bertz CT molecular complexity index is 1240. The summed E-state index contributed by atoms with van der Waals surface area (Å²) >= 11 is 1.73. The van der Waals surface area contributed by atoms with Crippen molar-refractivity contribution in [1.82, 2.24) is 14.7 Å². The van der Waals surface area contributed by atoms with Crippen molar-refractivity contribution in [3.63, 3.8) is 0 Å². The molecular formula is C37H55N3O4S. The predicted octanol–water partition coefficient (Wildman–Crippen LogP) is 5.93.